The lowest BCUT2D eigenvalue weighted by Crippen LogP contribution is -2.02. The van der Waals surface area contributed by atoms with Gasteiger partial charge in [-0.1, -0.05) is 12.1 Å². The topological polar surface area (TPSA) is 68.3 Å². The second-order valence-corrected chi connectivity index (χ2v) is 4.35. The molecule has 0 amide bonds. The summed E-state index contributed by atoms with van der Waals surface area (Å²) < 4.78 is 10.8. The van der Waals surface area contributed by atoms with Gasteiger partial charge in [-0.25, -0.2) is 0 Å². The van der Waals surface area contributed by atoms with Gasteiger partial charge < -0.3 is 15.2 Å². The fourth-order valence-corrected chi connectivity index (χ4v) is 1.81. The summed E-state index contributed by atoms with van der Waals surface area (Å²) in [6.07, 6.45) is 0.777. The Morgan fingerprint density at radius 2 is 1.80 bits per heavy atom. The number of nitrogens with two attached hydrogens (primary N) is 1. The minimum absolute atomic E-state index is 0.520. The minimum Gasteiger partial charge on any atom is -0.497 e. The van der Waals surface area contributed by atoms with Gasteiger partial charge >= 0.3 is 0 Å². The lowest BCUT2D eigenvalue weighted by Gasteiger charge is -2.08. The molecule has 0 unspecified atom stereocenters. The number of hydrogen-bond donors (Lipinski definition) is 1. The van der Waals surface area contributed by atoms with E-state index in [1.165, 1.54) is 0 Å². The molecule has 0 saturated carbocycles. The number of methoxy groups -OCH3 is 1. The molecule has 0 atom stereocenters. The third kappa shape index (κ3) is 3.66. The van der Waals surface area contributed by atoms with Crippen LogP contribution >= 0.6 is 0 Å². The molecule has 0 fully saturated rings. The molecule has 0 bridgehead atoms. The first-order chi connectivity index (χ1) is 9.71. The third-order valence-corrected chi connectivity index (χ3v) is 2.88. The molecule has 0 aliphatic heterocycles. The van der Waals surface area contributed by atoms with E-state index in [-0.39, 0.29) is 0 Å². The fraction of sp³-hybridized carbons (Fsp3) is 0.188. The Balaban J connectivity index is 1.97. The highest BCUT2D eigenvalue weighted by Gasteiger charge is 2.02. The van der Waals surface area contributed by atoms with Crippen molar-refractivity contribution in [3.8, 4) is 17.6 Å². The van der Waals surface area contributed by atoms with Crippen molar-refractivity contribution in [2.45, 2.75) is 6.42 Å². The number of rotatable bonds is 5. The third-order valence-electron chi connectivity index (χ3n) is 2.88. The van der Waals surface area contributed by atoms with Crippen molar-refractivity contribution in [3.63, 3.8) is 0 Å². The summed E-state index contributed by atoms with van der Waals surface area (Å²) in [5.74, 6) is 1.25. The molecule has 0 aliphatic carbocycles. The number of ether oxygens (including phenoxy) is 2. The molecule has 20 heavy (non-hydrogen) atoms. The molecule has 0 saturated heterocycles. The fourth-order valence-electron chi connectivity index (χ4n) is 1.81. The molecule has 0 spiro atoms. The van der Waals surface area contributed by atoms with Crippen LogP contribution in [0.4, 0.5) is 5.69 Å². The van der Waals surface area contributed by atoms with Crippen LogP contribution in [0.25, 0.3) is 0 Å². The van der Waals surface area contributed by atoms with Gasteiger partial charge in [-0.15, -0.1) is 0 Å². The first-order valence-electron chi connectivity index (χ1n) is 6.27. The average molecular weight is 268 g/mol. The van der Waals surface area contributed by atoms with E-state index in [1.54, 1.807) is 25.3 Å². The number of hydrogen-bond acceptors (Lipinski definition) is 4. The summed E-state index contributed by atoms with van der Waals surface area (Å²) in [4.78, 5) is 0. The molecule has 0 aliphatic rings. The molecule has 4 heteroatoms. The van der Waals surface area contributed by atoms with Gasteiger partial charge in [0.15, 0.2) is 0 Å². The van der Waals surface area contributed by atoms with Gasteiger partial charge in [0.1, 0.15) is 11.5 Å². The summed E-state index contributed by atoms with van der Waals surface area (Å²) in [5.41, 5.74) is 8.06. The van der Waals surface area contributed by atoms with Crippen molar-refractivity contribution in [3.05, 3.63) is 53.6 Å². The van der Waals surface area contributed by atoms with Crippen molar-refractivity contribution in [1.29, 1.82) is 5.26 Å². The van der Waals surface area contributed by atoms with E-state index in [9.17, 15) is 0 Å². The van der Waals surface area contributed by atoms with Crippen LogP contribution in [-0.2, 0) is 6.42 Å². The number of nitriles is 1. The van der Waals surface area contributed by atoms with Crippen molar-refractivity contribution in [2.75, 3.05) is 19.5 Å². The zero-order valence-electron chi connectivity index (χ0n) is 11.3. The maximum absolute atomic E-state index is 8.94. The van der Waals surface area contributed by atoms with Gasteiger partial charge in [-0.3, -0.25) is 0 Å². The van der Waals surface area contributed by atoms with Crippen LogP contribution in [0.1, 0.15) is 11.1 Å². The zero-order valence-corrected chi connectivity index (χ0v) is 11.3. The molecular formula is C16H16N2O2. The molecule has 2 rings (SSSR count). The summed E-state index contributed by atoms with van der Waals surface area (Å²) in [7, 11) is 1.56. The predicted octanol–water partition coefficient (Wildman–Crippen LogP) is 2.77. The van der Waals surface area contributed by atoms with Gasteiger partial charge in [0.05, 0.1) is 25.3 Å². The van der Waals surface area contributed by atoms with E-state index >= 15 is 0 Å². The maximum atomic E-state index is 8.94. The highest BCUT2D eigenvalue weighted by atomic mass is 16.5. The van der Waals surface area contributed by atoms with Crippen LogP contribution < -0.4 is 15.2 Å². The quantitative estimate of drug-likeness (QED) is 0.847. The lowest BCUT2D eigenvalue weighted by molar-refractivity contribution is 0.319. The van der Waals surface area contributed by atoms with Crippen LogP contribution in [0.5, 0.6) is 11.5 Å². The minimum atomic E-state index is 0.520. The van der Waals surface area contributed by atoms with Crippen LogP contribution in [0.15, 0.2) is 42.5 Å². The SMILES string of the molecule is COc1cc(C#N)cc(OCCc2ccc(N)cc2)c1. The molecule has 0 radical (unpaired) electrons. The predicted molar refractivity (Wildman–Crippen MR) is 77.8 cm³/mol. The molecule has 4 nitrogen and oxygen atoms in total. The first-order valence-corrected chi connectivity index (χ1v) is 6.27. The van der Waals surface area contributed by atoms with E-state index in [0.29, 0.717) is 23.7 Å². The summed E-state index contributed by atoms with van der Waals surface area (Å²) in [6.45, 7) is 0.530. The molecular weight excluding hydrogens is 252 g/mol. The maximum Gasteiger partial charge on any atom is 0.124 e. The van der Waals surface area contributed by atoms with Gasteiger partial charge in [-0.2, -0.15) is 5.26 Å². The van der Waals surface area contributed by atoms with Crippen molar-refractivity contribution in [2.24, 2.45) is 0 Å². The Bertz CT molecular complexity index is 615. The smallest absolute Gasteiger partial charge is 0.124 e. The molecule has 0 aromatic heterocycles. The van der Waals surface area contributed by atoms with Crippen LogP contribution in [0, 0.1) is 11.3 Å². The number of nitrogen functional groups attached to an aromatic ring is 1. The van der Waals surface area contributed by atoms with E-state index < -0.39 is 0 Å². The van der Waals surface area contributed by atoms with Crippen LogP contribution in [-0.4, -0.2) is 13.7 Å². The molecule has 2 aromatic carbocycles. The highest BCUT2D eigenvalue weighted by molar-refractivity contribution is 5.44. The van der Waals surface area contributed by atoms with Crippen LogP contribution in [0.3, 0.4) is 0 Å². The van der Waals surface area contributed by atoms with Gasteiger partial charge in [0.2, 0.25) is 0 Å². The van der Waals surface area contributed by atoms with E-state index in [1.807, 2.05) is 24.3 Å². The normalized spacial score (nSPS) is 9.80. The van der Waals surface area contributed by atoms with Gasteiger partial charge in [-0.05, 0) is 29.8 Å². The Labute approximate surface area is 118 Å². The molecule has 102 valence electrons. The van der Waals surface area contributed by atoms with Gasteiger partial charge in [0, 0.05) is 18.2 Å². The summed E-state index contributed by atoms with van der Waals surface area (Å²) in [6, 6.07) is 14.9. The standard InChI is InChI=1S/C16H16N2O2/c1-19-15-8-13(11-17)9-16(10-15)20-7-6-12-2-4-14(18)5-3-12/h2-5,8-10H,6-7,18H2,1H3. The zero-order chi connectivity index (χ0) is 14.4. The van der Waals surface area contributed by atoms with E-state index in [4.69, 9.17) is 20.5 Å². The average Bonchev–Trinajstić information content (AvgIpc) is 2.49. The Kier molecular flexibility index (Phi) is 4.46. The summed E-state index contributed by atoms with van der Waals surface area (Å²) >= 11 is 0. The Morgan fingerprint density at radius 1 is 1.10 bits per heavy atom. The van der Waals surface area contributed by atoms with Crippen molar-refractivity contribution in [1.82, 2.24) is 0 Å². The summed E-state index contributed by atoms with van der Waals surface area (Å²) in [5, 5.41) is 8.94. The Hall–Kier alpha value is -2.67. The van der Waals surface area contributed by atoms with Gasteiger partial charge in [0.25, 0.3) is 0 Å². The Morgan fingerprint density at radius 3 is 2.45 bits per heavy atom. The number of anilines is 1. The second kappa shape index (κ2) is 6.48. The largest absolute Gasteiger partial charge is 0.497 e. The first kappa shape index (κ1) is 13.8. The highest BCUT2D eigenvalue weighted by Crippen LogP contribution is 2.22. The monoisotopic (exact) mass is 268 g/mol. The molecule has 2 aromatic rings. The number of nitrogens with zero attached hydrogens (tertiary/aromatic N) is 1. The number of benzene rings is 2. The second-order valence-electron chi connectivity index (χ2n) is 4.35. The molecule has 0 heterocycles. The van der Waals surface area contributed by atoms with Crippen molar-refractivity contribution >= 4 is 5.69 Å². The van der Waals surface area contributed by atoms with Crippen LogP contribution in [0.2, 0.25) is 0 Å². The van der Waals surface area contributed by atoms with E-state index in [2.05, 4.69) is 6.07 Å². The van der Waals surface area contributed by atoms with Crippen molar-refractivity contribution < 1.29 is 9.47 Å². The lowest BCUT2D eigenvalue weighted by atomic mass is 10.1. The molecule has 2 N–H and O–H groups in total. The van der Waals surface area contributed by atoms with E-state index in [0.717, 1.165) is 17.7 Å².